The van der Waals surface area contributed by atoms with E-state index in [4.69, 9.17) is 35.3 Å². The van der Waals surface area contributed by atoms with Gasteiger partial charge in [0.1, 0.15) is 12.7 Å². The number of hydrogen-bond acceptors (Lipinski definition) is 12. The summed E-state index contributed by atoms with van der Waals surface area (Å²) < 4.78 is 26.1. The molecule has 0 radical (unpaired) electrons. The number of halogens is 1. The predicted octanol–water partition coefficient (Wildman–Crippen LogP) is 0.00130. The molecule has 2 amide bonds. The van der Waals surface area contributed by atoms with E-state index in [0.29, 0.717) is 5.01 Å². The van der Waals surface area contributed by atoms with Crippen LogP contribution in [-0.4, -0.2) is 84.6 Å². The summed E-state index contributed by atoms with van der Waals surface area (Å²) in [5.41, 5.74) is 0. The zero-order valence-electron chi connectivity index (χ0n) is 17.8. The van der Waals surface area contributed by atoms with Gasteiger partial charge in [-0.05, 0) is 0 Å². The zero-order valence-corrected chi connectivity index (χ0v) is 18.5. The van der Waals surface area contributed by atoms with Gasteiger partial charge in [0, 0.05) is 33.6 Å². The van der Waals surface area contributed by atoms with Crippen LogP contribution in [0.2, 0.25) is 0 Å². The lowest BCUT2D eigenvalue weighted by Crippen LogP contribution is -2.66. The number of ether oxygens (including phenoxy) is 5. The largest absolute Gasteiger partial charge is 0.463 e. The highest BCUT2D eigenvalue weighted by atomic mass is 35.5. The summed E-state index contributed by atoms with van der Waals surface area (Å²) >= 11 is 5.53. The average molecular weight is 482 g/mol. The Labute approximate surface area is 187 Å². The molecule has 0 spiro atoms. The van der Waals surface area contributed by atoms with Gasteiger partial charge in [-0.2, -0.15) is 5.01 Å². The molecule has 0 saturated carbocycles. The second kappa shape index (κ2) is 12.8. The fourth-order valence-corrected chi connectivity index (χ4v) is 2.96. The number of carbonyl (C=O) groups is 5. The molecule has 1 N–H and O–H groups in total. The Kier molecular flexibility index (Phi) is 10.8. The van der Waals surface area contributed by atoms with Crippen molar-refractivity contribution in [3.8, 4) is 0 Å². The Hall–Kier alpha value is -3.00. The van der Waals surface area contributed by atoms with Crippen LogP contribution < -0.4 is 5.32 Å². The molecule has 0 unspecified atom stereocenters. The maximum atomic E-state index is 12.4. The second-order valence-electron chi connectivity index (χ2n) is 6.46. The van der Waals surface area contributed by atoms with Gasteiger partial charge in [-0.3, -0.25) is 19.2 Å². The highest BCUT2D eigenvalue weighted by Crippen LogP contribution is 2.28. The van der Waals surface area contributed by atoms with Crippen LogP contribution in [0.1, 0.15) is 27.7 Å². The van der Waals surface area contributed by atoms with Crippen LogP contribution in [0.4, 0.5) is 4.79 Å². The number of alkyl halides is 1. The van der Waals surface area contributed by atoms with E-state index in [9.17, 15) is 28.9 Å². The molecule has 0 aliphatic carbocycles. The Morgan fingerprint density at radius 3 is 1.91 bits per heavy atom. The van der Waals surface area contributed by atoms with Crippen LogP contribution in [0, 0.1) is 4.91 Å². The van der Waals surface area contributed by atoms with E-state index >= 15 is 0 Å². The highest BCUT2D eigenvalue weighted by molar-refractivity contribution is 6.18. The Bertz CT molecular complexity index is 735. The van der Waals surface area contributed by atoms with Crippen molar-refractivity contribution < 1.29 is 47.7 Å². The molecule has 5 atom stereocenters. The highest BCUT2D eigenvalue weighted by Gasteiger charge is 2.52. The summed E-state index contributed by atoms with van der Waals surface area (Å²) in [6.07, 6.45) is -7.14. The van der Waals surface area contributed by atoms with Crippen molar-refractivity contribution in [3.63, 3.8) is 0 Å². The summed E-state index contributed by atoms with van der Waals surface area (Å²) in [4.78, 5) is 69.6. The molecule has 1 rings (SSSR count). The van der Waals surface area contributed by atoms with E-state index in [2.05, 4.69) is 10.6 Å². The quantitative estimate of drug-likeness (QED) is 0.154. The van der Waals surface area contributed by atoms with Gasteiger partial charge in [0.05, 0.1) is 11.8 Å². The summed E-state index contributed by atoms with van der Waals surface area (Å²) in [6, 6.07) is -1.07. The molecule has 1 aliphatic heterocycles. The zero-order chi connectivity index (χ0) is 24.4. The lowest BCUT2D eigenvalue weighted by molar-refractivity contribution is -0.255. The predicted molar refractivity (Wildman–Crippen MR) is 104 cm³/mol. The van der Waals surface area contributed by atoms with E-state index in [1.165, 1.54) is 0 Å². The van der Waals surface area contributed by atoms with Crippen molar-refractivity contribution >= 4 is 41.5 Å². The van der Waals surface area contributed by atoms with Crippen LogP contribution in [0.25, 0.3) is 0 Å². The molecule has 1 heterocycles. The normalized spacial score (nSPS) is 24.5. The molecule has 1 saturated heterocycles. The van der Waals surface area contributed by atoms with Gasteiger partial charge >= 0.3 is 29.9 Å². The van der Waals surface area contributed by atoms with Crippen molar-refractivity contribution in [3.05, 3.63) is 4.91 Å². The third-order valence-corrected chi connectivity index (χ3v) is 4.05. The number of hydrogen-bond donors (Lipinski definition) is 1. The molecular formula is C17H24ClN3O11. The number of nitrogens with zero attached hydrogens (tertiary/aromatic N) is 2. The summed E-state index contributed by atoms with van der Waals surface area (Å²) in [5, 5.41) is 5.24. The lowest BCUT2D eigenvalue weighted by atomic mass is 9.97. The van der Waals surface area contributed by atoms with E-state index in [1.807, 2.05) is 0 Å². The van der Waals surface area contributed by atoms with Crippen molar-refractivity contribution in [1.82, 2.24) is 10.3 Å². The van der Waals surface area contributed by atoms with Crippen molar-refractivity contribution in [2.75, 3.05) is 19.0 Å². The second-order valence-corrected chi connectivity index (χ2v) is 6.84. The summed E-state index contributed by atoms with van der Waals surface area (Å²) in [5.74, 6) is -3.29. The summed E-state index contributed by atoms with van der Waals surface area (Å²) in [6.45, 7) is 3.57. The number of amides is 2. The molecule has 1 fully saturated rings. The molecular weight excluding hydrogens is 458 g/mol. The molecule has 180 valence electrons. The maximum absolute atomic E-state index is 12.4. The average Bonchev–Trinajstić information content (AvgIpc) is 2.67. The number of urea groups is 1. The van der Waals surface area contributed by atoms with Crippen LogP contribution >= 0.6 is 11.6 Å². The summed E-state index contributed by atoms with van der Waals surface area (Å²) in [7, 11) is 0. The number of esters is 4. The van der Waals surface area contributed by atoms with Gasteiger partial charge in [0.15, 0.2) is 24.5 Å². The maximum Gasteiger partial charge on any atom is 0.342 e. The Morgan fingerprint density at radius 1 is 0.906 bits per heavy atom. The minimum atomic E-state index is -1.53. The number of rotatable bonds is 9. The van der Waals surface area contributed by atoms with Crippen LogP contribution in [0.3, 0.4) is 0 Å². The van der Waals surface area contributed by atoms with Crippen molar-refractivity contribution in [1.29, 1.82) is 0 Å². The number of nitroso groups, excluding NO2 is 1. The third kappa shape index (κ3) is 8.26. The van der Waals surface area contributed by atoms with Crippen LogP contribution in [-0.2, 0) is 42.9 Å². The van der Waals surface area contributed by atoms with Gasteiger partial charge in [-0.15, -0.1) is 16.5 Å². The number of nitrogens with one attached hydrogen (secondary N) is 1. The molecule has 1 aliphatic rings. The van der Waals surface area contributed by atoms with E-state index in [1.54, 1.807) is 0 Å². The first-order valence-corrected chi connectivity index (χ1v) is 9.81. The van der Waals surface area contributed by atoms with E-state index in [-0.39, 0.29) is 12.4 Å². The smallest absolute Gasteiger partial charge is 0.342 e. The monoisotopic (exact) mass is 481 g/mol. The third-order valence-electron chi connectivity index (χ3n) is 3.89. The van der Waals surface area contributed by atoms with Gasteiger partial charge in [0.25, 0.3) is 0 Å². The fourth-order valence-electron chi connectivity index (χ4n) is 2.80. The van der Waals surface area contributed by atoms with Gasteiger partial charge in [-0.25, -0.2) is 4.79 Å². The molecule has 32 heavy (non-hydrogen) atoms. The van der Waals surface area contributed by atoms with Gasteiger partial charge < -0.3 is 29.0 Å². The topological polar surface area (TPSA) is 176 Å². The molecule has 15 heteroatoms. The fraction of sp³-hybridized carbons (Fsp3) is 0.706. The first-order valence-electron chi connectivity index (χ1n) is 9.27. The van der Waals surface area contributed by atoms with Crippen LogP contribution in [0.5, 0.6) is 0 Å². The van der Waals surface area contributed by atoms with Gasteiger partial charge in [0.2, 0.25) is 0 Å². The molecule has 0 aromatic rings. The lowest BCUT2D eigenvalue weighted by Gasteiger charge is -2.44. The van der Waals surface area contributed by atoms with Crippen molar-refractivity contribution in [2.45, 2.75) is 58.3 Å². The standard InChI is InChI=1S/C17H24ClN3O11/c1-8(22)28-7-12-13(29-9(2)23)14(30-10(3)24)15(31-11(4)25)16(32-12)19-17(26)21(20-27)6-5-18/h12-16H,5-7H2,1-4H3,(H,19,26)/t12-,13+,14-,15-,16+/m0/s1. The number of carbonyl (C=O) groups excluding carboxylic acids is 5. The van der Waals surface area contributed by atoms with Crippen molar-refractivity contribution in [2.24, 2.45) is 5.29 Å². The molecule has 14 nitrogen and oxygen atoms in total. The van der Waals surface area contributed by atoms with Crippen LogP contribution in [0.15, 0.2) is 5.29 Å². The minimum Gasteiger partial charge on any atom is -0.463 e. The first-order chi connectivity index (χ1) is 15.0. The molecule has 0 aromatic heterocycles. The first kappa shape index (κ1) is 27.0. The van der Waals surface area contributed by atoms with E-state index < -0.39 is 67.2 Å². The molecule has 0 bridgehead atoms. The Balaban J connectivity index is 3.36. The van der Waals surface area contributed by atoms with Gasteiger partial charge in [-0.1, -0.05) is 0 Å². The minimum absolute atomic E-state index is 0.113. The molecule has 0 aromatic carbocycles. The Morgan fingerprint density at radius 2 is 1.44 bits per heavy atom. The van der Waals surface area contributed by atoms with E-state index in [0.717, 1.165) is 27.7 Å². The SMILES string of the molecule is CC(=O)OC[C@@H]1O[C@@H](NC(=O)N(CCCl)N=O)[C@@H](OC(C)=O)[C@@H](OC(C)=O)[C@@H]1OC(C)=O.